The second kappa shape index (κ2) is 48.0. The Hall–Kier alpha value is -15.5. The van der Waals surface area contributed by atoms with Crippen molar-refractivity contribution >= 4 is 51.5 Å². The molecule has 1 atom stereocenters. The average Bonchev–Trinajstić information content (AvgIpc) is 1.80. The Morgan fingerprint density at radius 2 is 0.769 bits per heavy atom. The zero-order valence-corrected chi connectivity index (χ0v) is 86.7. The van der Waals surface area contributed by atoms with Crippen LogP contribution in [-0.2, 0) is 38.9 Å². The Balaban J connectivity index is 0.000000134. The normalized spacial score (nSPS) is 14.8. The number of fused-ring (bicyclic) bond motifs is 4. The Morgan fingerprint density at radius 1 is 0.374 bits per heavy atom. The van der Waals surface area contributed by atoms with Crippen LogP contribution in [0, 0.1) is 103 Å². The van der Waals surface area contributed by atoms with Gasteiger partial charge in [-0.25, -0.2) is 19.9 Å². The number of likely N-dealkylation sites (tertiary alicyclic amines) is 2. The van der Waals surface area contributed by atoms with Crippen molar-refractivity contribution in [1.82, 2.24) is 91.8 Å². The molecular formula is C122H128N20O5. The molecule has 0 spiro atoms. The standard InChI is InChI=1S/C32H35N5O.C31H33N5O.C30H31N5O.C29H29N5O2/c1-23(2)36-15-13-35(14-16-36)22-29-8-6-26(17-25(29)4)18-31(38)28-7-5-24(3)27(19-28)9-10-30-20-34-32-21-33-11-12-37(30)32;1-22-5-7-26(17-25(22)9-10-28-18-33-31-19-32-12-14-36(28)31)30(37)16-24-6-8-27(23(2)15-24)20-35-13-11-29(21-35)34(3)4;1-22-14-24(16-25(15-22)21-34-12-10-33(3)11-13-34)17-29(36)27-5-4-23(2)26(18-27)6-7-28-19-32-30-20-31-8-9-35(28)30;1-20-4-5-23(17-22(20)6-8-25-18-31-28-19-30-12-15-34(25)28)29(35)32-24-7-9-27(21(2)16-24)36-26-10-13-33(3)14-11-26/h5-8,11-12,17,19-21,23H,13-16,18,22H2,1-4H3;5-8,12,14-15,17-19,29H,11,13,16,20-21H2,1-4H3;4-5,8-9,14-16,18-20H,10-13,17,21H2,1-3H3;4-5,7,9,12,15-19,26H,10-11,13-14H2,1-3H3,(H,32,35). The number of aryl methyl sites for hydroxylation is 8. The first-order valence-electron chi connectivity index (χ1n) is 50.6. The van der Waals surface area contributed by atoms with E-state index in [4.69, 9.17) is 4.74 Å². The molecule has 1 unspecified atom stereocenters. The molecule has 4 saturated heterocycles. The largest absolute Gasteiger partial charge is 0.490 e. The molecule has 8 aromatic carbocycles. The van der Waals surface area contributed by atoms with Gasteiger partial charge in [-0.05, 0) is 261 Å². The van der Waals surface area contributed by atoms with Crippen molar-refractivity contribution in [1.29, 1.82) is 0 Å². The van der Waals surface area contributed by atoms with Crippen molar-refractivity contribution in [2.75, 3.05) is 112 Å². The number of nitrogens with one attached hydrogen (secondary N) is 1. The number of Topliss-reactive ketones (excluding diaryl/α,β-unsaturated/α-hetero) is 3. The molecule has 746 valence electrons. The SMILES string of the molecule is Cc1cc(CC(=O)c2ccc(C)c(C#Cc3cnc4cnccn34)c2)cc(CN2CCN(C)CC2)c1.Cc1ccc(C(=O)Cc2ccc(CN3CCC(N(C)C)C3)c(C)c2)cc1C#Cc1cnc2cnccn12.Cc1ccc(C(=O)Cc2ccc(CN3CCN(C(C)C)CC3)c(C)c2)cc1C#Cc1cnc2cnccn12.Cc1ccc(C(=O)Nc2ccc(OC3CCN(C)CC3)c(C)c2)cc1C#Cc1cnc2cnccn12. The molecule has 20 rings (SSSR count). The van der Waals surface area contributed by atoms with Gasteiger partial charge >= 0.3 is 0 Å². The smallest absolute Gasteiger partial charge is 0.255 e. The van der Waals surface area contributed by atoms with Crippen LogP contribution in [0.1, 0.15) is 197 Å². The zero-order valence-electron chi connectivity index (χ0n) is 86.7. The number of likely N-dealkylation sites (N-methyl/N-ethyl adjacent to an activating group) is 2. The predicted octanol–water partition coefficient (Wildman–Crippen LogP) is 17.4. The number of carbonyl (C=O) groups is 4. The second-order valence-corrected chi connectivity index (χ2v) is 39.7. The third-order valence-corrected chi connectivity index (χ3v) is 28.2. The highest BCUT2D eigenvalue weighted by Gasteiger charge is 2.27. The highest BCUT2D eigenvalue weighted by atomic mass is 16.5. The predicted molar refractivity (Wildman–Crippen MR) is 581 cm³/mol. The number of nitrogens with zero attached hydrogens (tertiary/aromatic N) is 19. The van der Waals surface area contributed by atoms with E-state index in [0.29, 0.717) is 53.6 Å². The lowest BCUT2D eigenvalue weighted by molar-refractivity contribution is 0.0984. The fourth-order valence-electron chi connectivity index (χ4n) is 19.0. The number of benzene rings is 8. The Bertz CT molecular complexity index is 7780. The molecule has 4 aliphatic heterocycles. The summed E-state index contributed by atoms with van der Waals surface area (Å²) < 4.78 is 13.8. The van der Waals surface area contributed by atoms with Crippen LogP contribution in [0.5, 0.6) is 5.75 Å². The van der Waals surface area contributed by atoms with E-state index in [1.165, 1.54) is 39.8 Å². The number of piperazine rings is 2. The molecule has 0 bridgehead atoms. The number of imidazole rings is 4. The third kappa shape index (κ3) is 27.0. The second-order valence-electron chi connectivity index (χ2n) is 39.7. The molecule has 8 aromatic heterocycles. The number of anilines is 1. The summed E-state index contributed by atoms with van der Waals surface area (Å²) in [6.45, 7) is 37.0. The fourth-order valence-corrected chi connectivity index (χ4v) is 19.0. The molecule has 0 saturated carbocycles. The van der Waals surface area contributed by atoms with E-state index in [9.17, 15) is 19.2 Å². The van der Waals surface area contributed by atoms with Gasteiger partial charge in [-0.1, -0.05) is 126 Å². The summed E-state index contributed by atoms with van der Waals surface area (Å²) in [5.41, 5.74) is 28.8. The van der Waals surface area contributed by atoms with E-state index >= 15 is 0 Å². The van der Waals surface area contributed by atoms with Crippen LogP contribution in [0.15, 0.2) is 245 Å². The molecule has 4 aliphatic rings. The van der Waals surface area contributed by atoms with E-state index in [2.05, 4.69) is 244 Å². The molecule has 25 heteroatoms. The molecular weight excluding hydrogens is 1830 g/mol. The first-order valence-corrected chi connectivity index (χ1v) is 50.6. The van der Waals surface area contributed by atoms with E-state index in [0.717, 1.165) is 235 Å². The van der Waals surface area contributed by atoms with Crippen LogP contribution >= 0.6 is 0 Å². The van der Waals surface area contributed by atoms with E-state index in [1.807, 2.05) is 168 Å². The Labute approximate surface area is 862 Å². The molecule has 16 aromatic rings. The van der Waals surface area contributed by atoms with Gasteiger partial charge in [0, 0.05) is 229 Å². The molecule has 0 radical (unpaired) electrons. The molecule has 147 heavy (non-hydrogen) atoms. The van der Waals surface area contributed by atoms with E-state index < -0.39 is 0 Å². The third-order valence-electron chi connectivity index (χ3n) is 28.2. The van der Waals surface area contributed by atoms with Gasteiger partial charge in [-0.2, -0.15) is 0 Å². The topological polar surface area (TPSA) is 233 Å². The van der Waals surface area contributed by atoms with Gasteiger partial charge in [0.05, 0.1) is 49.6 Å². The van der Waals surface area contributed by atoms with Crippen LogP contribution in [0.25, 0.3) is 22.6 Å². The zero-order chi connectivity index (χ0) is 103. The first kappa shape index (κ1) is 103. The number of amides is 1. The summed E-state index contributed by atoms with van der Waals surface area (Å²) in [6, 6.07) is 49.5. The number of rotatable bonds is 21. The minimum Gasteiger partial charge on any atom is -0.490 e. The Kier molecular flexibility index (Phi) is 33.6. The highest BCUT2D eigenvalue weighted by molar-refractivity contribution is 6.05. The fraction of sp³-hybridized carbons (Fsp3) is 0.311. The maximum Gasteiger partial charge on any atom is 0.255 e. The van der Waals surface area contributed by atoms with E-state index in [-0.39, 0.29) is 29.4 Å². The van der Waals surface area contributed by atoms with Crippen molar-refractivity contribution in [3.63, 3.8) is 0 Å². The number of hydrogen-bond acceptors (Lipinski definition) is 20. The number of aromatic nitrogens is 12. The van der Waals surface area contributed by atoms with Crippen LogP contribution in [0.4, 0.5) is 5.69 Å². The molecule has 0 aliphatic carbocycles. The van der Waals surface area contributed by atoms with Crippen LogP contribution in [0.2, 0.25) is 0 Å². The Morgan fingerprint density at radius 3 is 1.18 bits per heavy atom. The molecule has 1 amide bonds. The maximum atomic E-state index is 13.2. The minimum absolute atomic E-state index is 0.101. The number of ether oxygens (including phenoxy) is 1. The van der Waals surface area contributed by atoms with Crippen molar-refractivity contribution in [3.05, 3.63) is 390 Å². The summed E-state index contributed by atoms with van der Waals surface area (Å²) in [4.78, 5) is 103. The summed E-state index contributed by atoms with van der Waals surface area (Å²) in [5, 5.41) is 3.01. The quantitative estimate of drug-likeness (QED) is 0.0520. The average molecular weight is 1950 g/mol. The molecule has 1 N–H and O–H groups in total. The lowest BCUT2D eigenvalue weighted by Gasteiger charge is -2.37. The summed E-state index contributed by atoms with van der Waals surface area (Å²) in [7, 11) is 8.64. The number of ketones is 3. The van der Waals surface area contributed by atoms with Crippen LogP contribution < -0.4 is 10.1 Å². The van der Waals surface area contributed by atoms with Gasteiger partial charge in [0.1, 0.15) is 34.6 Å². The number of piperidine rings is 1. The van der Waals surface area contributed by atoms with Crippen molar-refractivity contribution in [3.8, 4) is 53.1 Å². The van der Waals surface area contributed by atoms with Gasteiger partial charge in [-0.15, -0.1) is 0 Å². The molecule has 12 heterocycles. The molecule has 25 nitrogen and oxygen atoms in total. The molecule has 4 fully saturated rings. The van der Waals surface area contributed by atoms with Gasteiger partial charge < -0.3 is 24.8 Å². The summed E-state index contributed by atoms with van der Waals surface area (Å²) in [5.74, 6) is 26.7. The van der Waals surface area contributed by atoms with Crippen molar-refractivity contribution in [2.45, 2.75) is 146 Å². The van der Waals surface area contributed by atoms with Gasteiger partial charge in [-0.3, -0.25) is 76.3 Å². The number of carbonyl (C=O) groups excluding carboxylic acids is 4. The highest BCUT2D eigenvalue weighted by Crippen LogP contribution is 2.30. The van der Waals surface area contributed by atoms with Gasteiger partial charge in [0.25, 0.3) is 5.91 Å². The van der Waals surface area contributed by atoms with E-state index in [1.54, 1.807) is 74.4 Å². The lowest BCUT2D eigenvalue weighted by atomic mass is 9.96. The maximum absolute atomic E-state index is 13.2. The monoisotopic (exact) mass is 1950 g/mol. The van der Waals surface area contributed by atoms with Crippen LogP contribution in [-0.4, -0.2) is 240 Å². The minimum atomic E-state index is -0.178. The van der Waals surface area contributed by atoms with Gasteiger partial charge in [0.15, 0.2) is 39.9 Å². The first-order chi connectivity index (χ1) is 71.1. The number of hydrogen-bond donors (Lipinski definition) is 1. The summed E-state index contributed by atoms with van der Waals surface area (Å²) in [6.07, 6.45) is 32.6. The van der Waals surface area contributed by atoms with Gasteiger partial charge in [0.2, 0.25) is 0 Å². The summed E-state index contributed by atoms with van der Waals surface area (Å²) >= 11 is 0. The van der Waals surface area contributed by atoms with Crippen LogP contribution in [0.3, 0.4) is 0 Å². The lowest BCUT2D eigenvalue weighted by Crippen LogP contribution is -2.48. The van der Waals surface area contributed by atoms with Crippen molar-refractivity contribution in [2.24, 2.45) is 0 Å². The van der Waals surface area contributed by atoms with Crippen molar-refractivity contribution < 1.29 is 23.9 Å².